The Morgan fingerprint density at radius 3 is 1.87 bits per heavy atom. The van der Waals surface area contributed by atoms with Gasteiger partial charge in [-0.2, -0.15) is 0 Å². The number of ether oxygens (including phenoxy) is 4. The third kappa shape index (κ3) is 3.59. The molecule has 0 saturated carbocycles. The van der Waals surface area contributed by atoms with E-state index in [4.69, 9.17) is 18.9 Å². The van der Waals surface area contributed by atoms with Crippen molar-refractivity contribution in [3.8, 4) is 0 Å². The van der Waals surface area contributed by atoms with Crippen molar-refractivity contribution in [2.24, 2.45) is 0 Å². The lowest BCUT2D eigenvalue weighted by molar-refractivity contribution is -0.132. The summed E-state index contributed by atoms with van der Waals surface area (Å²) in [6.45, 7) is 7.83. The second kappa shape index (κ2) is 6.87. The summed E-state index contributed by atoms with van der Waals surface area (Å²) in [4.78, 5) is 0. The van der Waals surface area contributed by atoms with Crippen LogP contribution in [0.3, 0.4) is 0 Å². The van der Waals surface area contributed by atoms with Gasteiger partial charge in [-0.15, -0.1) is 0 Å². The monoisotopic (exact) mass is 324 g/mol. The maximum absolute atomic E-state index is 9.56. The minimum Gasteiger partial charge on any atom is -0.392 e. The fourth-order valence-electron chi connectivity index (χ4n) is 2.78. The smallest absolute Gasteiger partial charge is 0.185 e. The van der Waals surface area contributed by atoms with Crippen LogP contribution in [0.15, 0.2) is 24.3 Å². The Labute approximate surface area is 138 Å². The van der Waals surface area contributed by atoms with Crippen molar-refractivity contribution in [1.29, 1.82) is 0 Å². The van der Waals surface area contributed by atoms with Crippen LogP contribution in [0.4, 0.5) is 0 Å². The van der Waals surface area contributed by atoms with Gasteiger partial charge in [-0.05, 0) is 33.3 Å². The minimum absolute atomic E-state index is 0.0595. The zero-order valence-corrected chi connectivity index (χ0v) is 14.8. The number of methoxy groups -OCH3 is 2. The quantitative estimate of drug-likeness (QED) is 0.872. The number of hydrogen-bond acceptors (Lipinski definition) is 5. The van der Waals surface area contributed by atoms with Crippen molar-refractivity contribution in [3.63, 3.8) is 0 Å². The van der Waals surface area contributed by atoms with Gasteiger partial charge in [-0.25, -0.2) is 0 Å². The van der Waals surface area contributed by atoms with E-state index in [-0.39, 0.29) is 18.8 Å². The zero-order valence-electron chi connectivity index (χ0n) is 14.8. The predicted octanol–water partition coefficient (Wildman–Crippen LogP) is 2.81. The van der Waals surface area contributed by atoms with Crippen molar-refractivity contribution in [1.82, 2.24) is 0 Å². The standard InChI is InChI=1S/C18H28O5/c1-17(2,20-5)14-15(18(3,4)21-6)23-16(22-14)13-10-8-7-9-12(13)11-19/h7-10,14-16,19H,11H2,1-6H3/t14-,15-/m1/s1. The Morgan fingerprint density at radius 2 is 1.43 bits per heavy atom. The summed E-state index contributed by atoms with van der Waals surface area (Å²) in [7, 11) is 3.32. The molecule has 1 aliphatic rings. The molecule has 5 nitrogen and oxygen atoms in total. The van der Waals surface area contributed by atoms with Gasteiger partial charge in [0.05, 0.1) is 17.8 Å². The summed E-state index contributed by atoms with van der Waals surface area (Å²) in [6, 6.07) is 7.58. The van der Waals surface area contributed by atoms with E-state index in [1.54, 1.807) is 14.2 Å². The molecule has 0 bridgehead atoms. The number of aliphatic hydroxyl groups is 1. The molecular weight excluding hydrogens is 296 g/mol. The fraction of sp³-hybridized carbons (Fsp3) is 0.667. The SMILES string of the molecule is COC(C)(C)[C@@H]1OC(c2ccccc2CO)O[C@H]1C(C)(C)OC. The van der Waals surface area contributed by atoms with E-state index in [9.17, 15) is 5.11 Å². The molecular formula is C18H28O5. The Balaban J connectivity index is 2.37. The van der Waals surface area contributed by atoms with E-state index >= 15 is 0 Å². The van der Waals surface area contributed by atoms with E-state index in [1.165, 1.54) is 0 Å². The fourth-order valence-corrected chi connectivity index (χ4v) is 2.78. The summed E-state index contributed by atoms with van der Waals surface area (Å²) in [5.74, 6) is 0. The summed E-state index contributed by atoms with van der Waals surface area (Å²) in [5, 5.41) is 9.56. The topological polar surface area (TPSA) is 57.2 Å². The molecule has 1 aromatic carbocycles. The normalized spacial score (nSPS) is 23.4. The third-order valence-corrected chi connectivity index (χ3v) is 4.72. The minimum atomic E-state index is -0.558. The van der Waals surface area contributed by atoms with Crippen molar-refractivity contribution in [3.05, 3.63) is 35.4 Å². The Bertz CT molecular complexity index is 502. The van der Waals surface area contributed by atoms with Gasteiger partial charge in [0.1, 0.15) is 12.2 Å². The highest BCUT2D eigenvalue weighted by atomic mass is 16.7. The van der Waals surface area contributed by atoms with Gasteiger partial charge in [0.25, 0.3) is 0 Å². The molecule has 1 aliphatic heterocycles. The lowest BCUT2D eigenvalue weighted by Gasteiger charge is -2.38. The number of aliphatic hydroxyl groups excluding tert-OH is 1. The first-order chi connectivity index (χ1) is 10.8. The Kier molecular flexibility index (Phi) is 5.48. The van der Waals surface area contributed by atoms with Crippen molar-refractivity contribution < 1.29 is 24.1 Å². The molecule has 0 spiro atoms. The van der Waals surface area contributed by atoms with E-state index in [2.05, 4.69) is 0 Å². The molecule has 0 aliphatic carbocycles. The first kappa shape index (κ1) is 18.4. The highest BCUT2D eigenvalue weighted by Crippen LogP contribution is 2.42. The maximum Gasteiger partial charge on any atom is 0.185 e. The average Bonchev–Trinajstić information content (AvgIpc) is 3.01. The van der Waals surface area contributed by atoms with Crippen LogP contribution in [-0.2, 0) is 25.6 Å². The van der Waals surface area contributed by atoms with E-state index in [1.807, 2.05) is 52.0 Å². The molecule has 5 heteroatoms. The largest absolute Gasteiger partial charge is 0.392 e. The molecule has 0 amide bonds. The van der Waals surface area contributed by atoms with Gasteiger partial charge >= 0.3 is 0 Å². The molecule has 1 N–H and O–H groups in total. The highest BCUT2D eigenvalue weighted by Gasteiger charge is 2.52. The van der Waals surface area contributed by atoms with Crippen LogP contribution in [0.5, 0.6) is 0 Å². The molecule has 1 aromatic rings. The third-order valence-electron chi connectivity index (χ3n) is 4.72. The van der Waals surface area contributed by atoms with Crippen molar-refractivity contribution in [2.75, 3.05) is 14.2 Å². The van der Waals surface area contributed by atoms with Crippen LogP contribution < -0.4 is 0 Å². The van der Waals surface area contributed by atoms with E-state index in [0.29, 0.717) is 0 Å². The summed E-state index contributed by atoms with van der Waals surface area (Å²) in [6.07, 6.45) is -1.17. The first-order valence-electron chi connectivity index (χ1n) is 7.86. The Hall–Kier alpha value is -0.980. The van der Waals surface area contributed by atoms with Crippen molar-refractivity contribution >= 4 is 0 Å². The van der Waals surface area contributed by atoms with Crippen LogP contribution in [0.2, 0.25) is 0 Å². The van der Waals surface area contributed by atoms with Crippen LogP contribution >= 0.6 is 0 Å². The van der Waals surface area contributed by atoms with E-state index < -0.39 is 17.5 Å². The van der Waals surface area contributed by atoms with Crippen LogP contribution in [0.25, 0.3) is 0 Å². The van der Waals surface area contributed by atoms with Gasteiger partial charge in [0, 0.05) is 19.8 Å². The van der Waals surface area contributed by atoms with E-state index in [0.717, 1.165) is 11.1 Å². The van der Waals surface area contributed by atoms with Crippen LogP contribution in [0.1, 0.15) is 45.1 Å². The molecule has 1 heterocycles. The van der Waals surface area contributed by atoms with Gasteiger partial charge in [-0.3, -0.25) is 0 Å². The second-order valence-electron chi connectivity index (χ2n) is 6.92. The predicted molar refractivity (Wildman–Crippen MR) is 87.0 cm³/mol. The summed E-state index contributed by atoms with van der Waals surface area (Å²) < 4.78 is 23.7. The summed E-state index contributed by atoms with van der Waals surface area (Å²) >= 11 is 0. The molecule has 1 saturated heterocycles. The maximum atomic E-state index is 9.56. The molecule has 130 valence electrons. The molecule has 0 aromatic heterocycles. The van der Waals surface area contributed by atoms with Gasteiger partial charge < -0.3 is 24.1 Å². The molecule has 0 radical (unpaired) electrons. The highest BCUT2D eigenvalue weighted by molar-refractivity contribution is 5.28. The molecule has 1 fully saturated rings. The van der Waals surface area contributed by atoms with Gasteiger partial charge in [-0.1, -0.05) is 24.3 Å². The van der Waals surface area contributed by atoms with Crippen LogP contribution in [0, 0.1) is 0 Å². The molecule has 2 rings (SSSR count). The zero-order chi connectivity index (χ0) is 17.3. The molecule has 0 unspecified atom stereocenters. The summed E-state index contributed by atoms with van der Waals surface area (Å²) in [5.41, 5.74) is 0.552. The number of rotatable bonds is 6. The number of hydrogen-bond donors (Lipinski definition) is 1. The first-order valence-corrected chi connectivity index (χ1v) is 7.86. The number of benzene rings is 1. The van der Waals surface area contributed by atoms with Gasteiger partial charge in [0.15, 0.2) is 6.29 Å². The van der Waals surface area contributed by atoms with Crippen molar-refractivity contribution in [2.45, 2.75) is 64.0 Å². The lowest BCUT2D eigenvalue weighted by atomic mass is 9.87. The second-order valence-corrected chi connectivity index (χ2v) is 6.92. The van der Waals surface area contributed by atoms with Gasteiger partial charge in [0.2, 0.25) is 0 Å². The lowest BCUT2D eigenvalue weighted by Crippen LogP contribution is -2.53. The Morgan fingerprint density at radius 1 is 0.957 bits per heavy atom. The van der Waals surface area contributed by atoms with Crippen LogP contribution in [-0.4, -0.2) is 42.7 Å². The molecule has 2 atom stereocenters. The molecule has 23 heavy (non-hydrogen) atoms. The average molecular weight is 324 g/mol.